The van der Waals surface area contributed by atoms with E-state index >= 15 is 0 Å². The van der Waals surface area contributed by atoms with Gasteiger partial charge in [-0.1, -0.05) is 5.10 Å². The molecule has 0 spiro atoms. The number of aromatic nitrogens is 2. The Kier molecular flexibility index (Phi) is 3.57. The summed E-state index contributed by atoms with van der Waals surface area (Å²) in [7, 11) is 0. The molecule has 2 aromatic rings. The first-order valence-electron chi connectivity index (χ1n) is 4.72. The van der Waals surface area contributed by atoms with Gasteiger partial charge in [-0.2, -0.15) is 0 Å². The number of thiophene rings is 1. The lowest BCUT2D eigenvalue weighted by Crippen LogP contribution is -2.04. The van der Waals surface area contributed by atoms with Crippen molar-refractivity contribution in [2.45, 2.75) is 19.5 Å². The molecule has 1 unspecified atom stereocenters. The van der Waals surface area contributed by atoms with Crippen LogP contribution in [0.15, 0.2) is 20.3 Å². The van der Waals surface area contributed by atoms with Crippen molar-refractivity contribution in [2.24, 2.45) is 5.73 Å². The Bertz CT molecular complexity index is 468. The van der Waals surface area contributed by atoms with Crippen molar-refractivity contribution in [1.29, 1.82) is 0 Å². The zero-order chi connectivity index (χ0) is 11.5. The molecule has 0 bridgehead atoms. The van der Waals surface area contributed by atoms with Crippen LogP contribution in [0.4, 0.5) is 6.01 Å². The number of nitrogens with zero attached hydrogens (tertiary/aromatic N) is 2. The fourth-order valence-corrected chi connectivity index (χ4v) is 2.52. The minimum Gasteiger partial charge on any atom is -0.406 e. The maximum atomic E-state index is 5.61. The van der Waals surface area contributed by atoms with Gasteiger partial charge in [0.15, 0.2) is 0 Å². The van der Waals surface area contributed by atoms with Gasteiger partial charge in [0, 0.05) is 4.88 Å². The molecule has 0 fully saturated rings. The van der Waals surface area contributed by atoms with Crippen molar-refractivity contribution in [3.05, 3.63) is 26.7 Å². The summed E-state index contributed by atoms with van der Waals surface area (Å²) >= 11 is 5.06. The van der Waals surface area contributed by atoms with Crippen LogP contribution in [0, 0.1) is 0 Å². The Morgan fingerprint density at radius 2 is 2.38 bits per heavy atom. The lowest BCUT2D eigenvalue weighted by atomic mass is 10.4. The summed E-state index contributed by atoms with van der Waals surface area (Å²) in [5.41, 5.74) is 5.61. The van der Waals surface area contributed by atoms with Gasteiger partial charge >= 0.3 is 6.01 Å². The molecule has 3 N–H and O–H groups in total. The molecule has 0 saturated carbocycles. The Hall–Kier alpha value is -0.920. The summed E-state index contributed by atoms with van der Waals surface area (Å²) in [5.74, 6) is 0.440. The Balaban J connectivity index is 1.94. The van der Waals surface area contributed by atoms with Gasteiger partial charge in [-0.25, -0.2) is 0 Å². The number of hydrogen-bond acceptors (Lipinski definition) is 6. The molecule has 86 valence electrons. The molecule has 1 atom stereocenters. The predicted molar refractivity (Wildman–Crippen MR) is 66.2 cm³/mol. The van der Waals surface area contributed by atoms with E-state index < -0.39 is 0 Å². The SMILES string of the molecule is CC(N)c1nnc(NCc2ccc(Br)s2)o1. The highest BCUT2D eigenvalue weighted by atomic mass is 79.9. The topological polar surface area (TPSA) is 77.0 Å². The molecule has 2 rings (SSSR count). The van der Waals surface area contributed by atoms with Gasteiger partial charge in [-0.05, 0) is 35.0 Å². The Morgan fingerprint density at radius 3 is 2.94 bits per heavy atom. The molecule has 0 aromatic carbocycles. The van der Waals surface area contributed by atoms with E-state index in [1.54, 1.807) is 18.3 Å². The van der Waals surface area contributed by atoms with Crippen LogP contribution in [0.5, 0.6) is 0 Å². The van der Waals surface area contributed by atoms with Crippen molar-refractivity contribution in [3.63, 3.8) is 0 Å². The maximum absolute atomic E-state index is 5.61. The maximum Gasteiger partial charge on any atom is 0.315 e. The third-order valence-corrected chi connectivity index (χ3v) is 3.50. The molecule has 5 nitrogen and oxygen atoms in total. The third-order valence-electron chi connectivity index (χ3n) is 1.87. The molecule has 0 aliphatic rings. The number of hydrogen-bond donors (Lipinski definition) is 2. The van der Waals surface area contributed by atoms with Crippen molar-refractivity contribution >= 4 is 33.3 Å². The van der Waals surface area contributed by atoms with E-state index in [4.69, 9.17) is 10.2 Å². The lowest BCUT2D eigenvalue weighted by molar-refractivity contribution is 0.473. The quantitative estimate of drug-likeness (QED) is 0.907. The normalized spacial score (nSPS) is 12.7. The average Bonchev–Trinajstić information content (AvgIpc) is 2.83. The molecule has 0 radical (unpaired) electrons. The van der Waals surface area contributed by atoms with E-state index in [2.05, 4.69) is 31.4 Å². The first-order valence-corrected chi connectivity index (χ1v) is 6.33. The largest absolute Gasteiger partial charge is 0.406 e. The van der Waals surface area contributed by atoms with Gasteiger partial charge in [0.1, 0.15) is 0 Å². The van der Waals surface area contributed by atoms with E-state index in [-0.39, 0.29) is 6.04 Å². The van der Waals surface area contributed by atoms with Crippen molar-refractivity contribution < 1.29 is 4.42 Å². The first kappa shape index (κ1) is 11.6. The Labute approximate surface area is 105 Å². The molecule has 0 amide bonds. The van der Waals surface area contributed by atoms with Crippen molar-refractivity contribution in [3.8, 4) is 0 Å². The molecule has 0 saturated heterocycles. The van der Waals surface area contributed by atoms with E-state index in [1.165, 1.54) is 4.88 Å². The van der Waals surface area contributed by atoms with Crippen LogP contribution in [0.3, 0.4) is 0 Å². The highest BCUT2D eigenvalue weighted by molar-refractivity contribution is 9.11. The van der Waals surface area contributed by atoms with E-state index in [1.807, 2.05) is 12.1 Å². The van der Waals surface area contributed by atoms with Crippen molar-refractivity contribution in [1.82, 2.24) is 10.2 Å². The van der Waals surface area contributed by atoms with E-state index in [9.17, 15) is 0 Å². The molecular weight excluding hydrogens is 292 g/mol. The first-order chi connectivity index (χ1) is 7.65. The van der Waals surface area contributed by atoms with Crippen LogP contribution in [0.2, 0.25) is 0 Å². The lowest BCUT2D eigenvalue weighted by Gasteiger charge is -1.98. The summed E-state index contributed by atoms with van der Waals surface area (Å²) in [5, 5.41) is 10.7. The third kappa shape index (κ3) is 2.81. The van der Waals surface area contributed by atoms with Gasteiger partial charge < -0.3 is 15.5 Å². The summed E-state index contributed by atoms with van der Waals surface area (Å²) in [6.45, 7) is 2.46. The van der Waals surface area contributed by atoms with Crippen LogP contribution in [-0.4, -0.2) is 10.2 Å². The van der Waals surface area contributed by atoms with Gasteiger partial charge in [0.25, 0.3) is 0 Å². The fourth-order valence-electron chi connectivity index (χ4n) is 1.10. The molecular formula is C9H11BrN4OS. The number of halogens is 1. The summed E-state index contributed by atoms with van der Waals surface area (Å²) in [6.07, 6.45) is 0. The van der Waals surface area contributed by atoms with Gasteiger partial charge in [0.05, 0.1) is 16.4 Å². The van der Waals surface area contributed by atoms with Gasteiger partial charge in [-0.3, -0.25) is 0 Å². The van der Waals surface area contributed by atoms with Crippen LogP contribution < -0.4 is 11.1 Å². The predicted octanol–water partition coefficient (Wildman–Crippen LogP) is 2.53. The summed E-state index contributed by atoms with van der Waals surface area (Å²) < 4.78 is 6.41. The summed E-state index contributed by atoms with van der Waals surface area (Å²) in [6, 6.07) is 4.20. The van der Waals surface area contributed by atoms with Crippen LogP contribution in [0.1, 0.15) is 23.7 Å². The number of nitrogens with one attached hydrogen (secondary N) is 1. The van der Waals surface area contributed by atoms with E-state index in [0.717, 1.165) is 3.79 Å². The standard InChI is InChI=1S/C9H11BrN4OS/c1-5(11)8-13-14-9(15-8)12-4-6-2-3-7(10)16-6/h2-3,5H,4,11H2,1H3,(H,12,14). The minimum absolute atomic E-state index is 0.237. The van der Waals surface area contributed by atoms with E-state index in [0.29, 0.717) is 18.5 Å². The van der Waals surface area contributed by atoms with Crippen LogP contribution in [-0.2, 0) is 6.54 Å². The smallest absolute Gasteiger partial charge is 0.315 e. The highest BCUT2D eigenvalue weighted by Gasteiger charge is 2.09. The minimum atomic E-state index is -0.237. The number of rotatable bonds is 4. The molecule has 16 heavy (non-hydrogen) atoms. The van der Waals surface area contributed by atoms with Crippen LogP contribution >= 0.6 is 27.3 Å². The second-order valence-electron chi connectivity index (χ2n) is 3.29. The second kappa shape index (κ2) is 4.94. The second-order valence-corrected chi connectivity index (χ2v) is 5.84. The fraction of sp³-hybridized carbons (Fsp3) is 0.333. The molecule has 2 heterocycles. The zero-order valence-electron chi connectivity index (χ0n) is 8.61. The summed E-state index contributed by atoms with van der Waals surface area (Å²) in [4.78, 5) is 1.19. The average molecular weight is 303 g/mol. The van der Waals surface area contributed by atoms with Crippen molar-refractivity contribution in [2.75, 3.05) is 5.32 Å². The van der Waals surface area contributed by atoms with Crippen LogP contribution in [0.25, 0.3) is 0 Å². The highest BCUT2D eigenvalue weighted by Crippen LogP contribution is 2.22. The number of nitrogens with two attached hydrogens (primary N) is 1. The number of anilines is 1. The Morgan fingerprint density at radius 1 is 1.56 bits per heavy atom. The zero-order valence-corrected chi connectivity index (χ0v) is 11.0. The molecule has 0 aliphatic carbocycles. The monoisotopic (exact) mass is 302 g/mol. The molecule has 7 heteroatoms. The van der Waals surface area contributed by atoms with Gasteiger partial charge in [0.2, 0.25) is 5.89 Å². The molecule has 0 aliphatic heterocycles. The molecule has 2 aromatic heterocycles. The van der Waals surface area contributed by atoms with Gasteiger partial charge in [-0.15, -0.1) is 16.4 Å².